The maximum Gasteiger partial charge on any atom is 1.00 e. The Morgan fingerprint density at radius 1 is 2.00 bits per heavy atom. The van der Waals surface area contributed by atoms with Gasteiger partial charge in [-0.25, -0.2) is 0 Å². The molecule has 0 radical (unpaired) electrons. The third-order valence-corrected chi connectivity index (χ3v) is 0.594. The second-order valence-electron chi connectivity index (χ2n) is 1.54. The molecule has 0 rings (SSSR count). The van der Waals surface area contributed by atoms with Gasteiger partial charge in [-0.2, -0.15) is 5.90 Å². The van der Waals surface area contributed by atoms with E-state index in [0.717, 1.165) is 0 Å². The summed E-state index contributed by atoms with van der Waals surface area (Å²) >= 11 is 0. The molecule has 0 bridgehead atoms. The van der Waals surface area contributed by atoms with E-state index < -0.39 is 12.1 Å². The van der Waals surface area contributed by atoms with Crippen LogP contribution in [0.2, 0.25) is 0 Å². The van der Waals surface area contributed by atoms with Crippen molar-refractivity contribution in [3.63, 3.8) is 0 Å². The Hall–Kier alpha value is 0.390. The zero-order valence-electron chi connectivity index (χ0n) is 6.63. The molecule has 9 heavy (non-hydrogen) atoms. The van der Waals surface area contributed by atoms with Crippen LogP contribution >= 0.6 is 0 Å². The SMILES string of the molecule is CC(O)CC(=O)ON.[H-].[Na+]. The summed E-state index contributed by atoms with van der Waals surface area (Å²) in [6, 6.07) is 0. The van der Waals surface area contributed by atoms with Crippen LogP contribution in [0, 0.1) is 0 Å². The Labute approximate surface area is 77.1 Å². The number of carbonyl (C=O) groups is 1. The summed E-state index contributed by atoms with van der Waals surface area (Å²) in [7, 11) is 0. The molecule has 0 aromatic carbocycles. The fourth-order valence-electron chi connectivity index (χ4n) is 0.289. The van der Waals surface area contributed by atoms with Crippen molar-refractivity contribution in [2.45, 2.75) is 19.4 Å². The van der Waals surface area contributed by atoms with Crippen molar-refractivity contribution in [2.75, 3.05) is 0 Å². The zero-order chi connectivity index (χ0) is 6.57. The number of rotatable bonds is 2. The van der Waals surface area contributed by atoms with Gasteiger partial charge in [0.2, 0.25) is 0 Å². The molecule has 0 aromatic heterocycles. The van der Waals surface area contributed by atoms with Crippen LogP contribution in [0.25, 0.3) is 0 Å². The molecule has 0 heterocycles. The number of hydrogen-bond donors (Lipinski definition) is 2. The van der Waals surface area contributed by atoms with Crippen molar-refractivity contribution in [1.82, 2.24) is 0 Å². The predicted octanol–water partition coefficient (Wildman–Crippen LogP) is -3.71. The van der Waals surface area contributed by atoms with E-state index in [1.807, 2.05) is 0 Å². The van der Waals surface area contributed by atoms with Gasteiger partial charge < -0.3 is 11.4 Å². The van der Waals surface area contributed by atoms with Crippen molar-refractivity contribution < 1.29 is 45.7 Å². The Morgan fingerprint density at radius 3 is 2.56 bits per heavy atom. The Morgan fingerprint density at radius 2 is 2.44 bits per heavy atom. The third-order valence-electron chi connectivity index (χ3n) is 0.594. The Kier molecular flexibility index (Phi) is 8.75. The van der Waals surface area contributed by atoms with Crippen molar-refractivity contribution in [3.8, 4) is 0 Å². The van der Waals surface area contributed by atoms with Crippen LogP contribution in [0.1, 0.15) is 14.8 Å². The van der Waals surface area contributed by atoms with Gasteiger partial charge in [-0.3, -0.25) is 4.79 Å². The third kappa shape index (κ3) is 8.39. The molecule has 0 saturated heterocycles. The zero-order valence-corrected chi connectivity index (χ0v) is 7.63. The van der Waals surface area contributed by atoms with Gasteiger partial charge in [-0.15, -0.1) is 0 Å². The van der Waals surface area contributed by atoms with E-state index in [-0.39, 0.29) is 37.4 Å². The summed E-state index contributed by atoms with van der Waals surface area (Å²) in [5.41, 5.74) is 0. The van der Waals surface area contributed by atoms with Crippen molar-refractivity contribution in [1.29, 1.82) is 0 Å². The van der Waals surface area contributed by atoms with Crippen LogP contribution in [0.5, 0.6) is 0 Å². The van der Waals surface area contributed by atoms with Crippen LogP contribution in [0.15, 0.2) is 0 Å². The predicted molar refractivity (Wildman–Crippen MR) is 27.7 cm³/mol. The minimum Gasteiger partial charge on any atom is -1.00 e. The van der Waals surface area contributed by atoms with Crippen molar-refractivity contribution >= 4 is 5.97 Å². The van der Waals surface area contributed by atoms with E-state index in [1.54, 1.807) is 0 Å². The van der Waals surface area contributed by atoms with Gasteiger partial charge in [-0.1, -0.05) is 0 Å². The minimum absolute atomic E-state index is 0. The van der Waals surface area contributed by atoms with Gasteiger partial charge in [0.25, 0.3) is 0 Å². The summed E-state index contributed by atoms with van der Waals surface area (Å²) in [4.78, 5) is 13.9. The summed E-state index contributed by atoms with van der Waals surface area (Å²) in [5.74, 6) is 3.86. The molecule has 0 aromatic rings. The Balaban J connectivity index is -0.000000245. The molecule has 0 saturated carbocycles. The standard InChI is InChI=1S/C4H9NO3.Na.H/c1-3(6)2-4(7)8-5;;/h3,6H,2,5H2,1H3;;/q;+1;-1. The van der Waals surface area contributed by atoms with Crippen LogP contribution in [0.4, 0.5) is 0 Å². The fourth-order valence-corrected chi connectivity index (χ4v) is 0.289. The van der Waals surface area contributed by atoms with E-state index in [4.69, 9.17) is 5.11 Å². The van der Waals surface area contributed by atoms with Crippen molar-refractivity contribution in [3.05, 3.63) is 0 Å². The molecule has 3 N–H and O–H groups in total. The van der Waals surface area contributed by atoms with Crippen LogP contribution in [0.3, 0.4) is 0 Å². The summed E-state index contributed by atoms with van der Waals surface area (Å²) in [6.45, 7) is 1.48. The van der Waals surface area contributed by atoms with Crippen molar-refractivity contribution in [2.24, 2.45) is 5.90 Å². The summed E-state index contributed by atoms with van der Waals surface area (Å²) in [6.07, 6.45) is -0.720. The van der Waals surface area contributed by atoms with Gasteiger partial charge in [-0.05, 0) is 6.92 Å². The number of hydrogen-bond acceptors (Lipinski definition) is 4. The van der Waals surface area contributed by atoms with E-state index in [1.165, 1.54) is 6.92 Å². The maximum atomic E-state index is 10.1. The number of nitrogens with two attached hydrogens (primary N) is 1. The summed E-state index contributed by atoms with van der Waals surface area (Å²) < 4.78 is 0. The summed E-state index contributed by atoms with van der Waals surface area (Å²) in [5, 5.41) is 8.50. The molecule has 0 amide bonds. The number of carbonyl (C=O) groups excluding carboxylic acids is 1. The van der Waals surface area contributed by atoms with E-state index in [0.29, 0.717) is 0 Å². The second kappa shape index (κ2) is 6.51. The molecule has 50 valence electrons. The largest absolute Gasteiger partial charge is 1.00 e. The maximum absolute atomic E-state index is 10.1. The van der Waals surface area contributed by atoms with Crippen LogP contribution < -0.4 is 35.5 Å². The second-order valence-corrected chi connectivity index (χ2v) is 1.54. The first-order valence-corrected chi connectivity index (χ1v) is 2.24. The monoisotopic (exact) mass is 143 g/mol. The number of aliphatic hydroxyl groups excluding tert-OH is 1. The van der Waals surface area contributed by atoms with E-state index in [2.05, 4.69) is 10.7 Å². The molecule has 0 spiro atoms. The van der Waals surface area contributed by atoms with Crippen LogP contribution in [-0.4, -0.2) is 17.2 Å². The first kappa shape index (κ1) is 12.1. The van der Waals surface area contributed by atoms with Gasteiger partial charge in [0.15, 0.2) is 0 Å². The average Bonchev–Trinajstić information content (AvgIpc) is 1.65. The molecule has 1 unspecified atom stereocenters. The molecule has 4 nitrogen and oxygen atoms in total. The molecule has 0 aliphatic carbocycles. The fraction of sp³-hybridized carbons (Fsp3) is 0.750. The molecule has 0 aliphatic rings. The molecule has 0 aliphatic heterocycles. The first-order valence-electron chi connectivity index (χ1n) is 2.24. The molecule has 0 fully saturated rings. The van der Waals surface area contributed by atoms with Gasteiger partial charge in [0.1, 0.15) is 0 Å². The Bertz CT molecular complexity index is 90.6. The number of aliphatic hydroxyl groups is 1. The minimum atomic E-state index is -0.675. The normalized spacial score (nSPS) is 11.4. The van der Waals surface area contributed by atoms with Crippen LogP contribution in [-0.2, 0) is 9.63 Å². The smallest absolute Gasteiger partial charge is 1.00 e. The van der Waals surface area contributed by atoms with E-state index in [9.17, 15) is 4.79 Å². The molecule has 1 atom stereocenters. The first-order chi connectivity index (χ1) is 3.66. The van der Waals surface area contributed by atoms with Gasteiger partial charge in [0, 0.05) is 0 Å². The quantitative estimate of drug-likeness (QED) is 0.308. The average molecular weight is 143 g/mol. The molecular formula is C4H10NNaO3. The topological polar surface area (TPSA) is 72.5 Å². The molecular weight excluding hydrogens is 133 g/mol. The van der Waals surface area contributed by atoms with Gasteiger partial charge >= 0.3 is 35.5 Å². The van der Waals surface area contributed by atoms with Gasteiger partial charge in [0.05, 0.1) is 12.5 Å². The van der Waals surface area contributed by atoms with E-state index >= 15 is 0 Å². The molecule has 5 heteroatoms.